The van der Waals surface area contributed by atoms with Crippen LogP contribution in [0, 0.1) is 0 Å². The zero-order valence-electron chi connectivity index (χ0n) is 7.74. The molecule has 0 N–H and O–H groups in total. The largest absolute Gasteiger partial charge is 0.372 e. The molecule has 2 rings (SSSR count). The lowest BCUT2D eigenvalue weighted by Crippen LogP contribution is -2.07. The van der Waals surface area contributed by atoms with Crippen molar-refractivity contribution in [2.75, 3.05) is 12.4 Å². The van der Waals surface area contributed by atoms with Crippen LogP contribution in [0.5, 0.6) is 0 Å². The first-order valence-corrected chi connectivity index (χ1v) is 6.73. The summed E-state index contributed by atoms with van der Waals surface area (Å²) in [7, 11) is 0. The van der Waals surface area contributed by atoms with E-state index in [1.807, 2.05) is 0 Å². The van der Waals surface area contributed by atoms with Gasteiger partial charge in [-0.25, -0.2) is 3.63 Å². The minimum Gasteiger partial charge on any atom is -0.372 e. The summed E-state index contributed by atoms with van der Waals surface area (Å²) in [5, 5.41) is 0.751. The average molecular weight is 220 g/mol. The first kappa shape index (κ1) is 10.1. The maximum Gasteiger partial charge on any atom is 0.0922 e. The van der Waals surface area contributed by atoms with Gasteiger partial charge in [-0.15, -0.1) is 0 Å². The zero-order chi connectivity index (χ0) is 8.93. The summed E-state index contributed by atoms with van der Waals surface area (Å²) in [4.78, 5) is 0. The predicted molar refractivity (Wildman–Crippen MR) is 57.7 cm³/mol. The molecule has 2 aliphatic rings. The molecule has 2 fully saturated rings. The molecule has 0 bridgehead atoms. The summed E-state index contributed by atoms with van der Waals surface area (Å²) >= 11 is 3.23. The number of hydrogen-bond acceptors (Lipinski definition) is 4. The highest BCUT2D eigenvalue weighted by atomic mass is 32.2. The van der Waals surface area contributed by atoms with Crippen molar-refractivity contribution in [2.24, 2.45) is 0 Å². The van der Waals surface area contributed by atoms with Crippen LogP contribution < -0.4 is 0 Å². The van der Waals surface area contributed by atoms with Crippen molar-refractivity contribution in [1.82, 2.24) is 0 Å². The second-order valence-corrected chi connectivity index (χ2v) is 5.64. The molecule has 1 saturated carbocycles. The molecule has 0 amide bonds. The van der Waals surface area contributed by atoms with Gasteiger partial charge in [-0.2, -0.15) is 0 Å². The van der Waals surface area contributed by atoms with Gasteiger partial charge in [0, 0.05) is 35.1 Å². The number of rotatable bonds is 5. The lowest BCUT2D eigenvalue weighted by atomic mass is 10.0. The minimum absolute atomic E-state index is 0.483. The smallest absolute Gasteiger partial charge is 0.0922 e. The van der Waals surface area contributed by atoms with Crippen LogP contribution in [0.3, 0.4) is 0 Å². The molecule has 0 aromatic heterocycles. The summed E-state index contributed by atoms with van der Waals surface area (Å²) in [5.74, 6) is 1.000. The Balaban J connectivity index is 1.46. The summed E-state index contributed by atoms with van der Waals surface area (Å²) < 4.78 is 10.6. The van der Waals surface area contributed by atoms with Crippen LogP contribution in [0.15, 0.2) is 0 Å². The van der Waals surface area contributed by atoms with E-state index in [0.29, 0.717) is 6.10 Å². The summed E-state index contributed by atoms with van der Waals surface area (Å²) in [6, 6.07) is 0. The fourth-order valence-corrected chi connectivity index (χ4v) is 3.27. The third-order valence-corrected chi connectivity index (χ3v) is 4.38. The molecule has 0 radical (unpaired) electrons. The van der Waals surface area contributed by atoms with Gasteiger partial charge in [-0.05, 0) is 12.8 Å². The highest BCUT2D eigenvalue weighted by Crippen LogP contribution is 2.32. The Morgan fingerprint density at radius 2 is 2.00 bits per heavy atom. The molecular weight excluding hydrogens is 204 g/mol. The maximum absolute atomic E-state index is 5.48. The van der Waals surface area contributed by atoms with E-state index in [9.17, 15) is 0 Å². The van der Waals surface area contributed by atoms with E-state index in [-0.39, 0.29) is 0 Å². The van der Waals surface area contributed by atoms with Crippen LogP contribution in [-0.4, -0.2) is 23.7 Å². The molecule has 1 aliphatic heterocycles. The Labute approximate surface area is 88.5 Å². The van der Waals surface area contributed by atoms with Crippen LogP contribution in [-0.2, 0) is 8.37 Å². The lowest BCUT2D eigenvalue weighted by Gasteiger charge is -2.19. The molecule has 0 aromatic rings. The molecule has 1 saturated heterocycles. The van der Waals surface area contributed by atoms with E-state index in [0.717, 1.165) is 17.6 Å². The van der Waals surface area contributed by atoms with Gasteiger partial charge in [-0.3, -0.25) is 0 Å². The predicted octanol–water partition coefficient (Wildman–Crippen LogP) is 3.03. The fourth-order valence-electron chi connectivity index (χ4n) is 1.51. The summed E-state index contributed by atoms with van der Waals surface area (Å²) in [6.07, 6.45) is 7.35. The summed E-state index contributed by atoms with van der Waals surface area (Å²) in [5.41, 5.74) is 0. The van der Waals surface area contributed by atoms with Gasteiger partial charge < -0.3 is 4.74 Å². The number of epoxide rings is 1. The Hall–Kier alpha value is 0.620. The van der Waals surface area contributed by atoms with E-state index in [1.165, 1.54) is 32.1 Å². The molecule has 4 heteroatoms. The Bertz CT molecular complexity index is 145. The van der Waals surface area contributed by atoms with Crippen molar-refractivity contribution >= 4 is 24.1 Å². The summed E-state index contributed by atoms with van der Waals surface area (Å²) in [6.45, 7) is 0.935. The van der Waals surface area contributed by atoms with E-state index < -0.39 is 0 Å². The van der Waals surface area contributed by atoms with Crippen LogP contribution in [0.25, 0.3) is 0 Å². The van der Waals surface area contributed by atoms with Gasteiger partial charge in [0.05, 0.1) is 12.7 Å². The van der Waals surface area contributed by atoms with Gasteiger partial charge >= 0.3 is 0 Å². The molecule has 0 spiro atoms. The fraction of sp³-hybridized carbons (Fsp3) is 1.00. The van der Waals surface area contributed by atoms with E-state index in [1.54, 1.807) is 24.1 Å². The Morgan fingerprint density at radius 1 is 1.23 bits per heavy atom. The van der Waals surface area contributed by atoms with Gasteiger partial charge in [-0.1, -0.05) is 19.3 Å². The molecule has 2 nitrogen and oxygen atoms in total. The monoisotopic (exact) mass is 220 g/mol. The molecule has 13 heavy (non-hydrogen) atoms. The molecular formula is C9H16O2S2. The maximum atomic E-state index is 5.48. The van der Waals surface area contributed by atoms with Gasteiger partial charge in [0.25, 0.3) is 0 Å². The molecule has 1 aliphatic carbocycles. The quantitative estimate of drug-likeness (QED) is 0.403. The average Bonchev–Trinajstić information content (AvgIpc) is 2.98. The SMILES string of the molecule is C1CCC(SOSCC2CO2)CC1. The topological polar surface area (TPSA) is 21.8 Å². The van der Waals surface area contributed by atoms with Crippen molar-refractivity contribution in [3.05, 3.63) is 0 Å². The first-order chi connectivity index (χ1) is 6.45. The van der Waals surface area contributed by atoms with Crippen LogP contribution >= 0.6 is 24.1 Å². The molecule has 1 unspecified atom stereocenters. The van der Waals surface area contributed by atoms with Crippen LogP contribution in [0.1, 0.15) is 32.1 Å². The second kappa shape index (κ2) is 5.49. The Morgan fingerprint density at radius 3 is 2.69 bits per heavy atom. The van der Waals surface area contributed by atoms with Gasteiger partial charge in [0.2, 0.25) is 0 Å². The first-order valence-electron chi connectivity index (χ1n) is 5.02. The van der Waals surface area contributed by atoms with Crippen molar-refractivity contribution < 1.29 is 8.37 Å². The lowest BCUT2D eigenvalue weighted by molar-refractivity contribution is 0.425. The van der Waals surface area contributed by atoms with Crippen LogP contribution in [0.2, 0.25) is 0 Å². The van der Waals surface area contributed by atoms with E-state index in [2.05, 4.69) is 0 Å². The minimum atomic E-state index is 0.483. The highest BCUT2D eigenvalue weighted by Gasteiger charge is 2.23. The van der Waals surface area contributed by atoms with E-state index >= 15 is 0 Å². The van der Waals surface area contributed by atoms with Gasteiger partial charge in [0.1, 0.15) is 0 Å². The molecule has 1 atom stereocenters. The van der Waals surface area contributed by atoms with Gasteiger partial charge in [0.15, 0.2) is 0 Å². The third-order valence-electron chi connectivity index (χ3n) is 2.43. The zero-order valence-corrected chi connectivity index (χ0v) is 9.37. The number of hydrogen-bond donors (Lipinski definition) is 0. The van der Waals surface area contributed by atoms with E-state index in [4.69, 9.17) is 8.37 Å². The Kier molecular flexibility index (Phi) is 4.28. The molecule has 0 aromatic carbocycles. The third kappa shape index (κ3) is 4.11. The second-order valence-electron chi connectivity index (χ2n) is 3.66. The van der Waals surface area contributed by atoms with Crippen molar-refractivity contribution in [3.8, 4) is 0 Å². The van der Waals surface area contributed by atoms with Crippen molar-refractivity contribution in [1.29, 1.82) is 0 Å². The highest BCUT2D eigenvalue weighted by molar-refractivity contribution is 8.08. The van der Waals surface area contributed by atoms with Crippen LogP contribution in [0.4, 0.5) is 0 Å². The molecule has 1 heterocycles. The van der Waals surface area contributed by atoms with Crippen molar-refractivity contribution in [2.45, 2.75) is 43.5 Å². The van der Waals surface area contributed by atoms with Crippen molar-refractivity contribution in [3.63, 3.8) is 0 Å². The molecule has 76 valence electrons. The normalized spacial score (nSPS) is 29.1. The standard InChI is InChI=1S/C9H16O2S2/c1-2-4-9(5-3-1)13-11-12-7-8-6-10-8/h8-9H,1-7H2. The number of ether oxygens (including phenoxy) is 1.